The summed E-state index contributed by atoms with van der Waals surface area (Å²) in [5.41, 5.74) is -0.136. The molecule has 282 valence electrons. The maximum atomic E-state index is 14.6. The Kier molecular flexibility index (Phi) is 9.33. The molecule has 54 heavy (non-hydrogen) atoms. The zero-order valence-corrected chi connectivity index (χ0v) is 29.7. The van der Waals surface area contributed by atoms with Gasteiger partial charge in [0, 0.05) is 31.6 Å². The van der Waals surface area contributed by atoms with Crippen LogP contribution >= 0.6 is 11.6 Å². The summed E-state index contributed by atoms with van der Waals surface area (Å²) >= 11 is 6.54. The van der Waals surface area contributed by atoms with E-state index in [4.69, 9.17) is 11.6 Å². The number of hydrogen-bond acceptors (Lipinski definition) is 8. The Balaban J connectivity index is 1.45. The van der Waals surface area contributed by atoms with Crippen molar-refractivity contribution in [3.8, 4) is 11.4 Å². The minimum absolute atomic E-state index is 0.0158. The predicted molar refractivity (Wildman–Crippen MR) is 187 cm³/mol. The number of halogens is 6. The van der Waals surface area contributed by atoms with Crippen LogP contribution in [0.15, 0.2) is 65.6 Å². The first-order valence-electron chi connectivity index (χ1n) is 16.2. The van der Waals surface area contributed by atoms with Crippen LogP contribution in [0.3, 0.4) is 0 Å². The fourth-order valence-corrected chi connectivity index (χ4v) is 6.99. The molecule has 1 aliphatic carbocycles. The molecule has 0 saturated heterocycles. The molecular formula is C34H28ClF5N8O5S. The van der Waals surface area contributed by atoms with Crippen LogP contribution in [0.25, 0.3) is 27.5 Å². The highest BCUT2D eigenvalue weighted by Crippen LogP contribution is 2.39. The summed E-state index contributed by atoms with van der Waals surface area (Å²) in [6.45, 7) is -0.288. The van der Waals surface area contributed by atoms with E-state index < -0.39 is 51.3 Å². The third-order valence-electron chi connectivity index (χ3n) is 8.51. The number of aromatic nitrogens is 6. The van der Waals surface area contributed by atoms with E-state index in [1.54, 1.807) is 12.3 Å². The number of anilines is 1. The highest BCUT2D eigenvalue weighted by molar-refractivity contribution is 7.92. The number of fused-ring (bicyclic) bond motifs is 2. The van der Waals surface area contributed by atoms with Gasteiger partial charge in [-0.1, -0.05) is 11.6 Å². The van der Waals surface area contributed by atoms with E-state index in [1.807, 2.05) is 0 Å². The molecule has 3 heterocycles. The van der Waals surface area contributed by atoms with Crippen molar-refractivity contribution < 1.29 is 39.9 Å². The van der Waals surface area contributed by atoms with Gasteiger partial charge >= 0.3 is 6.36 Å². The molecule has 3 aromatic heterocycles. The summed E-state index contributed by atoms with van der Waals surface area (Å²) in [6.07, 6.45) is -0.952. The molecule has 1 atom stereocenters. The molecule has 0 aliphatic heterocycles. The fourth-order valence-electron chi connectivity index (χ4n) is 6.25. The van der Waals surface area contributed by atoms with Crippen LogP contribution in [0, 0.1) is 11.6 Å². The van der Waals surface area contributed by atoms with Gasteiger partial charge in [0.2, 0.25) is 15.9 Å². The Labute approximate surface area is 307 Å². The average Bonchev–Trinajstić information content (AvgIpc) is 3.72. The fraction of sp³-hybridized carbons (Fsp3) is 0.265. The quantitative estimate of drug-likeness (QED) is 0.160. The van der Waals surface area contributed by atoms with Crippen LogP contribution in [0.5, 0.6) is 5.75 Å². The molecule has 1 amide bonds. The number of carbonyl (C=O) groups excluding carboxylic acids is 1. The van der Waals surface area contributed by atoms with Gasteiger partial charge in [0.1, 0.15) is 29.8 Å². The van der Waals surface area contributed by atoms with Crippen molar-refractivity contribution >= 4 is 55.2 Å². The summed E-state index contributed by atoms with van der Waals surface area (Å²) in [5, 5.41) is 11.2. The Hall–Kier alpha value is -5.56. The third-order valence-corrected chi connectivity index (χ3v) is 9.39. The smallest absolute Gasteiger partial charge is 0.406 e. The van der Waals surface area contributed by atoms with E-state index in [2.05, 4.69) is 30.0 Å². The molecular weight excluding hydrogens is 763 g/mol. The van der Waals surface area contributed by atoms with Gasteiger partial charge in [0.05, 0.1) is 50.5 Å². The van der Waals surface area contributed by atoms with E-state index in [1.165, 1.54) is 28.5 Å². The number of alkyl halides is 3. The molecule has 20 heteroatoms. The van der Waals surface area contributed by atoms with Crippen LogP contribution in [0.4, 0.5) is 27.8 Å². The number of hydrogen-bond donors (Lipinski definition) is 2. The van der Waals surface area contributed by atoms with Crippen molar-refractivity contribution in [2.24, 2.45) is 7.05 Å². The molecule has 1 saturated carbocycles. The van der Waals surface area contributed by atoms with Gasteiger partial charge in [-0.05, 0) is 66.9 Å². The summed E-state index contributed by atoms with van der Waals surface area (Å²) in [5.74, 6) is -3.29. The molecule has 3 aromatic carbocycles. The Bertz CT molecular complexity index is 2620. The van der Waals surface area contributed by atoms with Crippen LogP contribution in [-0.2, 0) is 34.8 Å². The molecule has 6 aromatic rings. The van der Waals surface area contributed by atoms with Crippen molar-refractivity contribution in [2.45, 2.75) is 44.1 Å². The topological polar surface area (TPSA) is 155 Å². The highest BCUT2D eigenvalue weighted by atomic mass is 35.5. The van der Waals surface area contributed by atoms with E-state index in [0.29, 0.717) is 12.0 Å². The molecule has 0 spiro atoms. The maximum Gasteiger partial charge on any atom is 0.573 e. The van der Waals surface area contributed by atoms with E-state index in [0.717, 1.165) is 59.7 Å². The van der Waals surface area contributed by atoms with Gasteiger partial charge in [-0.25, -0.2) is 22.2 Å². The molecule has 1 fully saturated rings. The standard InChI is InChI=1S/C34H28ClF5N8O5S/c1-46-30-27(8-6-23(35)29(30)31(44-46)45-54(2,51)52)48-32(42-25-7-5-21(53-34(38,39)40)15-22(25)33(48)50)26(13-17-11-19(36)14-20(37)12-17)41-28(49)16-47-10-9-24(43-47)18-3-4-18/h5-12,14-15,18,26H,3-4,13,16H2,1-2H3,(H,41,49)(H,44,45)/t26-/m0/s1. The van der Waals surface area contributed by atoms with Gasteiger partial charge < -0.3 is 10.1 Å². The van der Waals surface area contributed by atoms with E-state index in [-0.39, 0.29) is 62.7 Å². The SMILES string of the molecule is Cn1nc(NS(C)(=O)=O)c2c(Cl)ccc(-n3c([C@H](Cc4cc(F)cc(F)c4)NC(=O)Cn4ccc(C5CC5)n4)nc4ccc(OC(F)(F)F)cc4c3=O)c21. The number of ether oxygens (including phenoxy) is 1. The van der Waals surface area contributed by atoms with Crippen LogP contribution in [-0.4, -0.2) is 56.1 Å². The number of nitrogens with one attached hydrogen (secondary N) is 2. The average molecular weight is 791 g/mol. The van der Waals surface area contributed by atoms with E-state index >= 15 is 0 Å². The number of benzene rings is 3. The minimum atomic E-state index is -5.09. The Morgan fingerprint density at radius 3 is 2.44 bits per heavy atom. The van der Waals surface area contributed by atoms with Crippen LogP contribution in [0.1, 0.15) is 41.9 Å². The molecule has 0 radical (unpaired) electrons. The molecule has 1 aliphatic rings. The summed E-state index contributed by atoms with van der Waals surface area (Å²) in [6, 6.07) is 8.81. The number of nitrogens with zero attached hydrogens (tertiary/aromatic N) is 6. The monoisotopic (exact) mass is 790 g/mol. The highest BCUT2D eigenvalue weighted by Gasteiger charge is 2.32. The third kappa shape index (κ3) is 7.86. The summed E-state index contributed by atoms with van der Waals surface area (Å²) in [4.78, 5) is 32.9. The Morgan fingerprint density at radius 2 is 1.78 bits per heavy atom. The van der Waals surface area contributed by atoms with Gasteiger partial charge in [-0.3, -0.25) is 28.2 Å². The summed E-state index contributed by atoms with van der Waals surface area (Å²) in [7, 11) is -2.47. The molecule has 0 bridgehead atoms. The number of amides is 1. The molecule has 7 rings (SSSR count). The largest absolute Gasteiger partial charge is 0.573 e. The lowest BCUT2D eigenvalue weighted by Crippen LogP contribution is -2.37. The lowest BCUT2D eigenvalue weighted by molar-refractivity contribution is -0.274. The van der Waals surface area contributed by atoms with Gasteiger partial charge in [0.15, 0.2) is 5.82 Å². The zero-order valence-electron chi connectivity index (χ0n) is 28.2. The predicted octanol–water partition coefficient (Wildman–Crippen LogP) is 5.65. The normalized spacial score (nSPS) is 14.1. The van der Waals surface area contributed by atoms with Gasteiger partial charge in [-0.15, -0.1) is 13.2 Å². The van der Waals surface area contributed by atoms with Crippen molar-refractivity contribution in [2.75, 3.05) is 11.0 Å². The lowest BCUT2D eigenvalue weighted by atomic mass is 10.0. The number of rotatable bonds is 11. The molecule has 0 unspecified atom stereocenters. The summed E-state index contributed by atoms with van der Waals surface area (Å²) < 4.78 is 103. The maximum absolute atomic E-state index is 14.6. The number of aryl methyl sites for hydroxylation is 1. The first kappa shape index (κ1) is 36.8. The minimum Gasteiger partial charge on any atom is -0.406 e. The van der Waals surface area contributed by atoms with Crippen LogP contribution in [0.2, 0.25) is 5.02 Å². The van der Waals surface area contributed by atoms with Crippen molar-refractivity contribution in [1.82, 2.24) is 34.4 Å². The first-order chi connectivity index (χ1) is 25.4. The van der Waals surface area contributed by atoms with Crippen molar-refractivity contribution in [3.63, 3.8) is 0 Å². The second-order valence-corrected chi connectivity index (χ2v) is 14.9. The first-order valence-corrected chi connectivity index (χ1v) is 18.4. The van der Waals surface area contributed by atoms with Crippen LogP contribution < -0.4 is 20.3 Å². The van der Waals surface area contributed by atoms with E-state index in [9.17, 15) is 40.0 Å². The second-order valence-electron chi connectivity index (χ2n) is 12.8. The molecule has 2 N–H and O–H groups in total. The zero-order chi connectivity index (χ0) is 38.7. The Morgan fingerprint density at radius 1 is 1.06 bits per heavy atom. The second kappa shape index (κ2) is 13.7. The van der Waals surface area contributed by atoms with Gasteiger partial charge in [0.25, 0.3) is 5.56 Å². The number of carbonyl (C=O) groups is 1. The van der Waals surface area contributed by atoms with Crippen molar-refractivity contribution in [1.29, 1.82) is 0 Å². The number of sulfonamides is 1. The molecule has 13 nitrogen and oxygen atoms in total. The van der Waals surface area contributed by atoms with Gasteiger partial charge in [-0.2, -0.15) is 10.2 Å². The van der Waals surface area contributed by atoms with Crippen molar-refractivity contribution in [3.05, 3.63) is 105 Å². The lowest BCUT2D eigenvalue weighted by Gasteiger charge is -2.24.